The molecule has 0 aliphatic carbocycles. The Labute approximate surface area is 121 Å². The van der Waals surface area contributed by atoms with Crippen molar-refractivity contribution in [2.24, 2.45) is 0 Å². The molecule has 0 amide bonds. The maximum Gasteiger partial charge on any atom is 0.109 e. The Bertz CT molecular complexity index is 569. The molecule has 0 atom stereocenters. The highest BCUT2D eigenvalue weighted by atomic mass is 15.1. The van der Waals surface area contributed by atoms with E-state index in [2.05, 4.69) is 66.8 Å². The summed E-state index contributed by atoms with van der Waals surface area (Å²) in [7, 11) is 0. The monoisotopic (exact) mass is 274 g/mol. The maximum atomic E-state index is 4.53. The van der Waals surface area contributed by atoms with E-state index in [1.165, 1.54) is 5.69 Å². The molecule has 2 aromatic heterocycles. The van der Waals surface area contributed by atoms with Crippen molar-refractivity contribution in [3.63, 3.8) is 0 Å². The molecular weight excluding hydrogens is 248 g/mol. The Morgan fingerprint density at radius 1 is 1.10 bits per heavy atom. The molecule has 2 heterocycles. The van der Waals surface area contributed by atoms with E-state index in [0.29, 0.717) is 0 Å². The van der Waals surface area contributed by atoms with E-state index in [1.54, 1.807) is 0 Å². The van der Waals surface area contributed by atoms with E-state index in [-0.39, 0.29) is 11.1 Å². The van der Waals surface area contributed by atoms with Crippen molar-refractivity contribution in [1.82, 2.24) is 19.1 Å². The van der Waals surface area contributed by atoms with Gasteiger partial charge in [-0.25, -0.2) is 9.97 Å². The molecule has 0 N–H and O–H groups in total. The lowest BCUT2D eigenvalue weighted by Crippen LogP contribution is -2.29. The Morgan fingerprint density at radius 2 is 1.80 bits per heavy atom. The van der Waals surface area contributed by atoms with Crippen LogP contribution in [0.4, 0.5) is 0 Å². The molecule has 0 aliphatic heterocycles. The van der Waals surface area contributed by atoms with Gasteiger partial charge in [-0.1, -0.05) is 0 Å². The Kier molecular flexibility index (Phi) is 3.76. The van der Waals surface area contributed by atoms with Crippen LogP contribution in [0.3, 0.4) is 0 Å². The molecule has 4 nitrogen and oxygen atoms in total. The van der Waals surface area contributed by atoms with Crippen molar-refractivity contribution >= 4 is 0 Å². The van der Waals surface area contributed by atoms with Crippen molar-refractivity contribution in [2.75, 3.05) is 0 Å². The summed E-state index contributed by atoms with van der Waals surface area (Å²) in [6.45, 7) is 13.2. The zero-order chi connectivity index (χ0) is 15.0. The van der Waals surface area contributed by atoms with Crippen molar-refractivity contribution in [3.8, 4) is 0 Å². The second-order valence-corrected chi connectivity index (χ2v) is 7.10. The molecule has 2 rings (SSSR count). The number of nitrogens with zero attached hydrogens (tertiary/aromatic N) is 4. The molecule has 0 fully saturated rings. The number of hydrogen-bond acceptors (Lipinski definition) is 2. The predicted molar refractivity (Wildman–Crippen MR) is 81.8 cm³/mol. The molecule has 2 aromatic rings. The average molecular weight is 274 g/mol. The van der Waals surface area contributed by atoms with Gasteiger partial charge in [-0.15, -0.1) is 0 Å². The van der Waals surface area contributed by atoms with Crippen LogP contribution in [0.15, 0.2) is 24.9 Å². The summed E-state index contributed by atoms with van der Waals surface area (Å²) in [6, 6.07) is 0. The van der Waals surface area contributed by atoms with Crippen LogP contribution in [0.2, 0.25) is 0 Å². The first-order valence-electron chi connectivity index (χ1n) is 7.24. The zero-order valence-corrected chi connectivity index (χ0v) is 13.5. The minimum absolute atomic E-state index is 0.0508. The first-order valence-corrected chi connectivity index (χ1v) is 7.24. The molecule has 20 heavy (non-hydrogen) atoms. The van der Waals surface area contributed by atoms with Crippen LogP contribution >= 0.6 is 0 Å². The third kappa shape index (κ3) is 2.94. The first kappa shape index (κ1) is 14.8. The largest absolute Gasteiger partial charge is 0.330 e. The van der Waals surface area contributed by atoms with Gasteiger partial charge in [0.15, 0.2) is 0 Å². The lowest BCUT2D eigenvalue weighted by Gasteiger charge is -2.29. The molecule has 0 aromatic carbocycles. The SMILES string of the molecule is Cc1cncn1C(C)(C)CCc1nccn1C(C)(C)C. The number of imidazole rings is 2. The van der Waals surface area contributed by atoms with Crippen LogP contribution in [0.1, 0.15) is 52.6 Å². The normalized spacial score (nSPS) is 12.9. The summed E-state index contributed by atoms with van der Waals surface area (Å²) in [5.74, 6) is 1.16. The first-order chi connectivity index (χ1) is 9.22. The number of aryl methyl sites for hydroxylation is 2. The minimum atomic E-state index is 0.0508. The maximum absolute atomic E-state index is 4.53. The molecule has 4 heteroatoms. The predicted octanol–water partition coefficient (Wildman–Crippen LogP) is 3.51. The van der Waals surface area contributed by atoms with Crippen molar-refractivity contribution in [1.29, 1.82) is 0 Å². The molecule has 0 bridgehead atoms. The average Bonchev–Trinajstić information content (AvgIpc) is 2.93. The number of aromatic nitrogens is 4. The van der Waals surface area contributed by atoms with Crippen LogP contribution in [-0.4, -0.2) is 19.1 Å². The van der Waals surface area contributed by atoms with Crippen LogP contribution in [0.25, 0.3) is 0 Å². The summed E-state index contributed by atoms with van der Waals surface area (Å²) in [5, 5.41) is 0. The van der Waals surface area contributed by atoms with E-state index in [4.69, 9.17) is 0 Å². The second kappa shape index (κ2) is 5.08. The van der Waals surface area contributed by atoms with E-state index >= 15 is 0 Å². The van der Waals surface area contributed by atoms with Gasteiger partial charge in [-0.3, -0.25) is 0 Å². The van der Waals surface area contributed by atoms with Gasteiger partial charge in [0.05, 0.1) is 6.33 Å². The lowest BCUT2D eigenvalue weighted by molar-refractivity contribution is 0.309. The summed E-state index contributed by atoms with van der Waals surface area (Å²) < 4.78 is 4.52. The minimum Gasteiger partial charge on any atom is -0.330 e. The summed E-state index contributed by atoms with van der Waals surface area (Å²) in [6.07, 6.45) is 9.82. The molecule has 0 spiro atoms. The molecule has 0 unspecified atom stereocenters. The Morgan fingerprint density at radius 3 is 2.35 bits per heavy atom. The van der Waals surface area contributed by atoms with Gasteiger partial charge in [-0.05, 0) is 48.0 Å². The van der Waals surface area contributed by atoms with Gasteiger partial charge in [0.25, 0.3) is 0 Å². The summed E-state index contributed by atoms with van der Waals surface area (Å²) >= 11 is 0. The second-order valence-electron chi connectivity index (χ2n) is 7.10. The molecular formula is C16H26N4. The van der Waals surface area contributed by atoms with Gasteiger partial charge in [0, 0.05) is 41.8 Å². The van der Waals surface area contributed by atoms with Crippen LogP contribution in [0.5, 0.6) is 0 Å². The molecule has 0 saturated heterocycles. The smallest absolute Gasteiger partial charge is 0.109 e. The fourth-order valence-electron chi connectivity index (χ4n) is 2.66. The van der Waals surface area contributed by atoms with Crippen LogP contribution < -0.4 is 0 Å². The van der Waals surface area contributed by atoms with Crippen molar-refractivity contribution < 1.29 is 0 Å². The summed E-state index contributed by atoms with van der Waals surface area (Å²) in [4.78, 5) is 8.76. The van der Waals surface area contributed by atoms with E-state index in [1.807, 2.05) is 18.7 Å². The van der Waals surface area contributed by atoms with E-state index in [0.717, 1.165) is 18.7 Å². The quantitative estimate of drug-likeness (QED) is 0.855. The number of rotatable bonds is 4. The highest BCUT2D eigenvalue weighted by Gasteiger charge is 2.23. The lowest BCUT2D eigenvalue weighted by atomic mass is 9.97. The third-order valence-corrected chi connectivity index (χ3v) is 3.88. The fraction of sp³-hybridized carbons (Fsp3) is 0.625. The van der Waals surface area contributed by atoms with E-state index in [9.17, 15) is 0 Å². The van der Waals surface area contributed by atoms with E-state index < -0.39 is 0 Å². The molecule has 0 radical (unpaired) electrons. The van der Waals surface area contributed by atoms with Gasteiger partial charge in [0.1, 0.15) is 5.82 Å². The van der Waals surface area contributed by atoms with Crippen molar-refractivity contribution in [3.05, 3.63) is 36.4 Å². The van der Waals surface area contributed by atoms with Crippen LogP contribution in [-0.2, 0) is 17.5 Å². The highest BCUT2D eigenvalue weighted by Crippen LogP contribution is 2.25. The van der Waals surface area contributed by atoms with Gasteiger partial charge in [-0.2, -0.15) is 0 Å². The standard InChI is InChI=1S/C16H26N4/c1-13-11-17-12-20(13)16(5,6)8-7-14-18-9-10-19(14)15(2,3)4/h9-12H,7-8H2,1-6H3. The highest BCUT2D eigenvalue weighted by molar-refractivity contribution is 5.02. The van der Waals surface area contributed by atoms with Gasteiger partial charge in [0.2, 0.25) is 0 Å². The fourth-order valence-corrected chi connectivity index (χ4v) is 2.66. The molecule has 0 saturated carbocycles. The molecule has 0 aliphatic rings. The third-order valence-electron chi connectivity index (χ3n) is 3.88. The van der Waals surface area contributed by atoms with Gasteiger partial charge < -0.3 is 9.13 Å². The van der Waals surface area contributed by atoms with Gasteiger partial charge >= 0.3 is 0 Å². The summed E-state index contributed by atoms with van der Waals surface area (Å²) in [5.41, 5.74) is 1.34. The van der Waals surface area contributed by atoms with Crippen molar-refractivity contribution in [2.45, 2.75) is 65.5 Å². The zero-order valence-electron chi connectivity index (χ0n) is 13.5. The molecule has 110 valence electrons. The topological polar surface area (TPSA) is 35.6 Å². The Hall–Kier alpha value is -1.58. The Balaban J connectivity index is 2.13. The number of hydrogen-bond donors (Lipinski definition) is 0. The van der Waals surface area contributed by atoms with Crippen LogP contribution in [0, 0.1) is 6.92 Å².